The van der Waals surface area contributed by atoms with Gasteiger partial charge in [0.1, 0.15) is 6.54 Å². The fraction of sp³-hybridized carbons (Fsp3) is 0.615. The van der Waals surface area contributed by atoms with Gasteiger partial charge in [0, 0.05) is 31.4 Å². The first-order valence-electron chi connectivity index (χ1n) is 6.63. The number of carbonyl (C=O) groups is 2. The Balaban J connectivity index is 1.84. The number of aryl methyl sites for hydroxylation is 1. The van der Waals surface area contributed by atoms with Gasteiger partial charge in [-0.2, -0.15) is 5.10 Å². The van der Waals surface area contributed by atoms with Crippen molar-refractivity contribution in [2.75, 3.05) is 13.2 Å². The first-order chi connectivity index (χ1) is 9.20. The van der Waals surface area contributed by atoms with Crippen LogP contribution < -0.4 is 0 Å². The van der Waals surface area contributed by atoms with Gasteiger partial charge in [0.2, 0.25) is 5.91 Å². The Bertz CT molecular complexity index is 426. The van der Waals surface area contributed by atoms with Crippen molar-refractivity contribution in [3.63, 3.8) is 0 Å². The Morgan fingerprint density at radius 2 is 2.26 bits per heavy atom. The second-order valence-corrected chi connectivity index (χ2v) is 4.58. The molecule has 1 aromatic rings. The summed E-state index contributed by atoms with van der Waals surface area (Å²) < 4.78 is 6.62. The van der Waals surface area contributed by atoms with Crippen molar-refractivity contribution in [2.45, 2.75) is 38.8 Å². The average molecular weight is 265 g/mol. The summed E-state index contributed by atoms with van der Waals surface area (Å²) in [5.74, 6) is -0.340. The van der Waals surface area contributed by atoms with Crippen molar-refractivity contribution in [2.24, 2.45) is 0 Å². The van der Waals surface area contributed by atoms with E-state index in [1.54, 1.807) is 22.7 Å². The Hall–Kier alpha value is -1.85. The van der Waals surface area contributed by atoms with Crippen LogP contribution in [0.3, 0.4) is 0 Å². The molecular formula is C13H19N3O3. The molecule has 104 valence electrons. The summed E-state index contributed by atoms with van der Waals surface area (Å²) in [4.78, 5) is 25.3. The minimum Gasteiger partial charge on any atom is -0.465 e. The zero-order chi connectivity index (χ0) is 13.7. The van der Waals surface area contributed by atoms with Crippen LogP contribution in [-0.4, -0.2) is 45.8 Å². The molecule has 1 aromatic heterocycles. The number of esters is 1. The van der Waals surface area contributed by atoms with E-state index in [0.29, 0.717) is 19.6 Å². The van der Waals surface area contributed by atoms with Crippen LogP contribution in [0.5, 0.6) is 0 Å². The molecule has 0 radical (unpaired) electrons. The number of ether oxygens (including phenoxy) is 1. The molecule has 6 nitrogen and oxygen atoms in total. The van der Waals surface area contributed by atoms with Crippen LogP contribution in [0.1, 0.15) is 26.2 Å². The molecule has 0 aliphatic heterocycles. The van der Waals surface area contributed by atoms with Crippen LogP contribution in [0.4, 0.5) is 0 Å². The van der Waals surface area contributed by atoms with E-state index in [2.05, 4.69) is 5.10 Å². The van der Waals surface area contributed by atoms with Gasteiger partial charge in [-0.25, -0.2) is 0 Å². The van der Waals surface area contributed by atoms with E-state index in [1.807, 2.05) is 12.3 Å². The minimum absolute atomic E-state index is 0.00828. The zero-order valence-corrected chi connectivity index (χ0v) is 11.1. The summed E-state index contributed by atoms with van der Waals surface area (Å²) in [7, 11) is 0. The van der Waals surface area contributed by atoms with Gasteiger partial charge in [-0.05, 0) is 25.8 Å². The number of hydrogen-bond acceptors (Lipinski definition) is 4. The molecule has 0 atom stereocenters. The maximum Gasteiger partial charge on any atom is 0.325 e. The lowest BCUT2D eigenvalue weighted by molar-refractivity contribution is -0.149. The number of carbonyl (C=O) groups excluding carboxylic acids is 2. The minimum atomic E-state index is -0.332. The van der Waals surface area contributed by atoms with Crippen LogP contribution in [0, 0.1) is 0 Å². The van der Waals surface area contributed by atoms with Gasteiger partial charge in [-0.3, -0.25) is 14.3 Å². The summed E-state index contributed by atoms with van der Waals surface area (Å²) in [6.45, 7) is 2.71. The molecule has 6 heteroatoms. The Morgan fingerprint density at radius 1 is 1.47 bits per heavy atom. The SMILES string of the molecule is CCOC(=O)CN(C(=O)CCn1cccn1)C1CC1. The third kappa shape index (κ3) is 4.08. The maximum absolute atomic E-state index is 12.1. The smallest absolute Gasteiger partial charge is 0.325 e. The summed E-state index contributed by atoms with van der Waals surface area (Å²) in [5, 5.41) is 4.05. The fourth-order valence-electron chi connectivity index (χ4n) is 1.94. The molecule has 1 aliphatic carbocycles. The van der Waals surface area contributed by atoms with Gasteiger partial charge in [0.05, 0.1) is 6.61 Å². The topological polar surface area (TPSA) is 64.4 Å². The predicted octanol–water partition coefficient (Wildman–Crippen LogP) is 0.827. The highest BCUT2D eigenvalue weighted by molar-refractivity contribution is 5.82. The van der Waals surface area contributed by atoms with E-state index >= 15 is 0 Å². The second kappa shape index (κ2) is 6.36. The molecule has 0 N–H and O–H groups in total. The molecule has 1 heterocycles. The molecule has 2 rings (SSSR count). The van der Waals surface area contributed by atoms with Gasteiger partial charge in [-0.1, -0.05) is 0 Å². The Labute approximate surface area is 112 Å². The van der Waals surface area contributed by atoms with Crippen molar-refractivity contribution in [1.29, 1.82) is 0 Å². The van der Waals surface area contributed by atoms with Crippen molar-refractivity contribution in [3.05, 3.63) is 18.5 Å². The summed E-state index contributed by atoms with van der Waals surface area (Å²) in [5.41, 5.74) is 0. The van der Waals surface area contributed by atoms with Crippen molar-refractivity contribution in [3.8, 4) is 0 Å². The van der Waals surface area contributed by atoms with Crippen molar-refractivity contribution < 1.29 is 14.3 Å². The predicted molar refractivity (Wildman–Crippen MR) is 68.2 cm³/mol. The van der Waals surface area contributed by atoms with Gasteiger partial charge in [0.25, 0.3) is 0 Å². The molecule has 19 heavy (non-hydrogen) atoms. The third-order valence-electron chi connectivity index (χ3n) is 3.03. The fourth-order valence-corrected chi connectivity index (χ4v) is 1.94. The molecule has 0 unspecified atom stereocenters. The van der Waals surface area contributed by atoms with E-state index in [-0.39, 0.29) is 24.5 Å². The largest absolute Gasteiger partial charge is 0.465 e. The van der Waals surface area contributed by atoms with E-state index in [4.69, 9.17) is 4.74 Å². The normalized spacial score (nSPS) is 14.2. The van der Waals surface area contributed by atoms with Crippen LogP contribution in [-0.2, 0) is 20.9 Å². The quantitative estimate of drug-likeness (QED) is 0.685. The van der Waals surface area contributed by atoms with Gasteiger partial charge in [-0.15, -0.1) is 0 Å². The van der Waals surface area contributed by atoms with Crippen LogP contribution in [0.2, 0.25) is 0 Å². The van der Waals surface area contributed by atoms with E-state index in [0.717, 1.165) is 12.8 Å². The second-order valence-electron chi connectivity index (χ2n) is 4.58. The molecule has 1 saturated carbocycles. The summed E-state index contributed by atoms with van der Waals surface area (Å²) >= 11 is 0. The van der Waals surface area contributed by atoms with Crippen LogP contribution in [0.25, 0.3) is 0 Å². The monoisotopic (exact) mass is 265 g/mol. The average Bonchev–Trinajstić information content (AvgIpc) is 3.09. The van der Waals surface area contributed by atoms with Gasteiger partial charge < -0.3 is 9.64 Å². The lowest BCUT2D eigenvalue weighted by Gasteiger charge is -2.21. The van der Waals surface area contributed by atoms with E-state index < -0.39 is 0 Å². The van der Waals surface area contributed by atoms with E-state index in [1.165, 1.54) is 0 Å². The molecule has 1 fully saturated rings. The number of aromatic nitrogens is 2. The number of nitrogens with zero attached hydrogens (tertiary/aromatic N) is 3. The highest BCUT2D eigenvalue weighted by Gasteiger charge is 2.33. The summed E-state index contributed by atoms with van der Waals surface area (Å²) in [6, 6.07) is 2.04. The first kappa shape index (κ1) is 13.6. The van der Waals surface area contributed by atoms with Crippen LogP contribution >= 0.6 is 0 Å². The lowest BCUT2D eigenvalue weighted by Crippen LogP contribution is -2.38. The number of amides is 1. The van der Waals surface area contributed by atoms with Gasteiger partial charge >= 0.3 is 5.97 Å². The molecule has 1 amide bonds. The van der Waals surface area contributed by atoms with E-state index in [9.17, 15) is 9.59 Å². The molecule has 1 aliphatic rings. The van der Waals surface area contributed by atoms with Gasteiger partial charge in [0.15, 0.2) is 0 Å². The molecule has 0 aromatic carbocycles. The first-order valence-corrected chi connectivity index (χ1v) is 6.63. The third-order valence-corrected chi connectivity index (χ3v) is 3.03. The summed E-state index contributed by atoms with van der Waals surface area (Å²) in [6.07, 6.45) is 5.82. The van der Waals surface area contributed by atoms with Crippen LogP contribution in [0.15, 0.2) is 18.5 Å². The highest BCUT2D eigenvalue weighted by Crippen LogP contribution is 2.27. The standard InChI is InChI=1S/C13H19N3O3/c1-2-19-13(18)10-16(11-4-5-11)12(17)6-9-15-8-3-7-14-15/h3,7-8,11H,2,4-6,9-10H2,1H3. The Kier molecular flexibility index (Phi) is 4.54. The van der Waals surface area contributed by atoms with Crippen molar-refractivity contribution >= 4 is 11.9 Å². The molecule has 0 saturated heterocycles. The maximum atomic E-state index is 12.1. The van der Waals surface area contributed by atoms with Crippen molar-refractivity contribution in [1.82, 2.24) is 14.7 Å². The highest BCUT2D eigenvalue weighted by atomic mass is 16.5. The zero-order valence-electron chi connectivity index (χ0n) is 11.1. The number of rotatable bonds is 7. The Morgan fingerprint density at radius 3 is 2.84 bits per heavy atom. The lowest BCUT2D eigenvalue weighted by atomic mass is 10.3. The molecule has 0 bridgehead atoms. The number of hydrogen-bond donors (Lipinski definition) is 0. The molecular weight excluding hydrogens is 246 g/mol. The molecule has 0 spiro atoms.